The molecule has 0 bridgehead atoms. The second-order valence-corrected chi connectivity index (χ2v) is 5.11. The van der Waals surface area contributed by atoms with Crippen LogP contribution in [0.2, 0.25) is 0 Å². The number of alkyl halides is 1. The standard InChI is InChI=1S/C10H20BrNO/c1-5-9(13)12-8(6-7-11)10(2,3)4/h8H,5-7H2,1-4H3,(H,12,13). The maximum atomic E-state index is 11.2. The lowest BCUT2D eigenvalue weighted by Gasteiger charge is -2.31. The molecule has 0 aromatic carbocycles. The molecule has 0 aliphatic rings. The van der Waals surface area contributed by atoms with E-state index in [1.54, 1.807) is 0 Å². The Bertz CT molecular complexity index is 163. The molecule has 3 heteroatoms. The molecule has 0 aromatic heterocycles. The Morgan fingerprint density at radius 3 is 2.31 bits per heavy atom. The number of hydrogen-bond acceptors (Lipinski definition) is 1. The lowest BCUT2D eigenvalue weighted by Crippen LogP contribution is -2.43. The first-order valence-electron chi connectivity index (χ1n) is 4.77. The predicted molar refractivity (Wildman–Crippen MR) is 60.1 cm³/mol. The summed E-state index contributed by atoms with van der Waals surface area (Å²) >= 11 is 3.40. The fraction of sp³-hybridized carbons (Fsp3) is 0.900. The SMILES string of the molecule is CCC(=O)NC(CCBr)C(C)(C)C. The Morgan fingerprint density at radius 1 is 1.46 bits per heavy atom. The van der Waals surface area contributed by atoms with Gasteiger partial charge in [0.15, 0.2) is 0 Å². The molecule has 0 heterocycles. The molecule has 0 fully saturated rings. The van der Waals surface area contributed by atoms with Crippen LogP contribution in [0, 0.1) is 5.41 Å². The average Bonchev–Trinajstić information content (AvgIpc) is 2.01. The van der Waals surface area contributed by atoms with Gasteiger partial charge >= 0.3 is 0 Å². The summed E-state index contributed by atoms with van der Waals surface area (Å²) in [6, 6.07) is 0.263. The van der Waals surface area contributed by atoms with Crippen molar-refractivity contribution in [3.05, 3.63) is 0 Å². The van der Waals surface area contributed by atoms with Crippen LogP contribution in [0.4, 0.5) is 0 Å². The van der Waals surface area contributed by atoms with Crippen molar-refractivity contribution >= 4 is 21.8 Å². The summed E-state index contributed by atoms with van der Waals surface area (Å²) in [6.45, 7) is 8.33. The maximum Gasteiger partial charge on any atom is 0.219 e. The number of carbonyl (C=O) groups is 1. The third-order valence-corrected chi connectivity index (χ3v) is 2.56. The topological polar surface area (TPSA) is 29.1 Å². The van der Waals surface area contributed by atoms with Crippen LogP contribution < -0.4 is 5.32 Å². The molecule has 2 nitrogen and oxygen atoms in total. The van der Waals surface area contributed by atoms with Gasteiger partial charge in [0.25, 0.3) is 0 Å². The van der Waals surface area contributed by atoms with E-state index in [4.69, 9.17) is 0 Å². The minimum absolute atomic E-state index is 0.137. The summed E-state index contributed by atoms with van der Waals surface area (Å²) in [5.41, 5.74) is 0.137. The monoisotopic (exact) mass is 249 g/mol. The van der Waals surface area contributed by atoms with Crippen molar-refractivity contribution in [1.82, 2.24) is 5.32 Å². The molecule has 1 unspecified atom stereocenters. The van der Waals surface area contributed by atoms with Gasteiger partial charge in [0, 0.05) is 17.8 Å². The highest BCUT2D eigenvalue weighted by Crippen LogP contribution is 2.22. The molecule has 0 aliphatic heterocycles. The molecule has 1 N–H and O–H groups in total. The highest BCUT2D eigenvalue weighted by atomic mass is 79.9. The first-order valence-corrected chi connectivity index (χ1v) is 5.89. The van der Waals surface area contributed by atoms with Crippen LogP contribution in [0.25, 0.3) is 0 Å². The van der Waals surface area contributed by atoms with Crippen molar-refractivity contribution in [2.45, 2.75) is 46.6 Å². The van der Waals surface area contributed by atoms with Crippen LogP contribution in [-0.4, -0.2) is 17.3 Å². The summed E-state index contributed by atoms with van der Waals surface area (Å²) in [5, 5.41) is 3.97. The minimum atomic E-state index is 0.137. The number of amides is 1. The summed E-state index contributed by atoms with van der Waals surface area (Å²) in [5.74, 6) is 0.140. The molecular weight excluding hydrogens is 230 g/mol. The van der Waals surface area contributed by atoms with Crippen molar-refractivity contribution in [1.29, 1.82) is 0 Å². The summed E-state index contributed by atoms with van der Waals surface area (Å²) in [6.07, 6.45) is 1.55. The molecule has 0 radical (unpaired) electrons. The van der Waals surface area contributed by atoms with Crippen molar-refractivity contribution in [3.63, 3.8) is 0 Å². The molecule has 13 heavy (non-hydrogen) atoms. The van der Waals surface area contributed by atoms with Gasteiger partial charge in [-0.3, -0.25) is 4.79 Å². The molecule has 0 aromatic rings. The van der Waals surface area contributed by atoms with E-state index >= 15 is 0 Å². The van der Waals surface area contributed by atoms with Crippen LogP contribution >= 0.6 is 15.9 Å². The largest absolute Gasteiger partial charge is 0.353 e. The molecule has 0 rings (SSSR count). The Labute approximate surface area is 89.6 Å². The molecule has 0 aliphatic carbocycles. The Kier molecular flexibility index (Phi) is 5.61. The smallest absolute Gasteiger partial charge is 0.219 e. The van der Waals surface area contributed by atoms with Crippen molar-refractivity contribution < 1.29 is 4.79 Å². The number of rotatable bonds is 4. The zero-order chi connectivity index (χ0) is 10.5. The number of carbonyl (C=O) groups excluding carboxylic acids is 1. The van der Waals surface area contributed by atoms with Gasteiger partial charge in [-0.25, -0.2) is 0 Å². The van der Waals surface area contributed by atoms with E-state index in [1.165, 1.54) is 0 Å². The fourth-order valence-electron chi connectivity index (χ4n) is 1.13. The van der Waals surface area contributed by atoms with E-state index in [2.05, 4.69) is 42.0 Å². The third-order valence-electron chi connectivity index (χ3n) is 2.10. The third kappa shape index (κ3) is 5.29. The lowest BCUT2D eigenvalue weighted by atomic mass is 9.85. The fourth-order valence-corrected chi connectivity index (χ4v) is 1.59. The molecular formula is C10H20BrNO. The molecule has 78 valence electrons. The van der Waals surface area contributed by atoms with Crippen molar-refractivity contribution in [2.75, 3.05) is 5.33 Å². The number of hydrogen-bond donors (Lipinski definition) is 1. The zero-order valence-electron chi connectivity index (χ0n) is 8.98. The average molecular weight is 250 g/mol. The summed E-state index contributed by atoms with van der Waals surface area (Å²) < 4.78 is 0. The van der Waals surface area contributed by atoms with Crippen LogP contribution in [0.5, 0.6) is 0 Å². The van der Waals surface area contributed by atoms with Gasteiger partial charge in [0.1, 0.15) is 0 Å². The van der Waals surface area contributed by atoms with Crippen LogP contribution in [-0.2, 0) is 4.79 Å². The van der Waals surface area contributed by atoms with E-state index < -0.39 is 0 Å². The van der Waals surface area contributed by atoms with Gasteiger partial charge in [-0.1, -0.05) is 43.6 Å². The Balaban J connectivity index is 4.18. The van der Waals surface area contributed by atoms with Gasteiger partial charge in [-0.15, -0.1) is 0 Å². The van der Waals surface area contributed by atoms with Crippen molar-refractivity contribution in [2.24, 2.45) is 5.41 Å². The lowest BCUT2D eigenvalue weighted by molar-refractivity contribution is -0.122. The van der Waals surface area contributed by atoms with E-state index in [0.717, 1.165) is 11.8 Å². The molecule has 1 amide bonds. The first-order chi connectivity index (χ1) is 5.91. The predicted octanol–water partition coefficient (Wildman–Crippen LogP) is 2.71. The van der Waals surface area contributed by atoms with Gasteiger partial charge in [0.2, 0.25) is 5.91 Å². The van der Waals surface area contributed by atoms with E-state index in [-0.39, 0.29) is 17.4 Å². The van der Waals surface area contributed by atoms with E-state index in [9.17, 15) is 4.79 Å². The van der Waals surface area contributed by atoms with Gasteiger partial charge < -0.3 is 5.32 Å². The molecule has 0 spiro atoms. The Morgan fingerprint density at radius 2 is 2.00 bits per heavy atom. The van der Waals surface area contributed by atoms with Gasteiger partial charge in [-0.2, -0.15) is 0 Å². The number of halogens is 1. The van der Waals surface area contributed by atoms with Gasteiger partial charge in [-0.05, 0) is 11.8 Å². The molecule has 1 atom stereocenters. The first kappa shape index (κ1) is 12.9. The van der Waals surface area contributed by atoms with Crippen LogP contribution in [0.3, 0.4) is 0 Å². The summed E-state index contributed by atoms with van der Waals surface area (Å²) in [7, 11) is 0. The summed E-state index contributed by atoms with van der Waals surface area (Å²) in [4.78, 5) is 11.2. The van der Waals surface area contributed by atoms with Crippen LogP contribution in [0.1, 0.15) is 40.5 Å². The minimum Gasteiger partial charge on any atom is -0.353 e. The quantitative estimate of drug-likeness (QED) is 0.763. The van der Waals surface area contributed by atoms with Gasteiger partial charge in [0.05, 0.1) is 0 Å². The normalized spacial score (nSPS) is 13.9. The Hall–Kier alpha value is -0.0500. The molecule has 0 saturated carbocycles. The zero-order valence-corrected chi connectivity index (χ0v) is 10.6. The van der Waals surface area contributed by atoms with Crippen LogP contribution in [0.15, 0.2) is 0 Å². The second-order valence-electron chi connectivity index (χ2n) is 4.32. The highest BCUT2D eigenvalue weighted by molar-refractivity contribution is 9.09. The second kappa shape index (κ2) is 5.63. The maximum absolute atomic E-state index is 11.2. The van der Waals surface area contributed by atoms with Crippen molar-refractivity contribution in [3.8, 4) is 0 Å². The highest BCUT2D eigenvalue weighted by Gasteiger charge is 2.24. The number of nitrogens with one attached hydrogen (secondary N) is 1. The van der Waals surface area contributed by atoms with E-state index in [0.29, 0.717) is 6.42 Å². The molecule has 0 saturated heterocycles. The van der Waals surface area contributed by atoms with E-state index in [1.807, 2.05) is 6.92 Å².